The molecule has 0 aliphatic carbocycles. The molecule has 10 heteroatoms. The number of halogens is 5. The summed E-state index contributed by atoms with van der Waals surface area (Å²) < 4.78 is 64.9. The molecule has 1 heterocycles. The van der Waals surface area contributed by atoms with Crippen LogP contribution in [0.5, 0.6) is 5.88 Å². The normalized spacial score (nSPS) is 11.7. The van der Waals surface area contributed by atoms with E-state index in [9.17, 15) is 26.7 Å². The second kappa shape index (κ2) is 5.34. The molecule has 1 aromatic rings. The summed E-state index contributed by atoms with van der Waals surface area (Å²) >= 11 is 0. The van der Waals surface area contributed by atoms with Crippen LogP contribution in [0.1, 0.15) is 28.0 Å². The molecule has 0 saturated carbocycles. The van der Waals surface area contributed by atoms with Crippen molar-refractivity contribution in [1.29, 1.82) is 0 Å². The first-order chi connectivity index (χ1) is 8.65. The zero-order chi connectivity index (χ0) is 14.8. The van der Waals surface area contributed by atoms with Crippen LogP contribution in [0.3, 0.4) is 0 Å². The molecule has 0 unspecified atom stereocenters. The highest BCUT2D eigenvalue weighted by atomic mass is 19.4. The third-order valence-electron chi connectivity index (χ3n) is 1.94. The van der Waals surface area contributed by atoms with Gasteiger partial charge in [-0.2, -0.15) is 0 Å². The first kappa shape index (κ1) is 15.1. The summed E-state index contributed by atoms with van der Waals surface area (Å²) in [7, 11) is 0. The van der Waals surface area contributed by atoms with E-state index in [1.165, 1.54) is 0 Å². The fourth-order valence-electron chi connectivity index (χ4n) is 1.27. The molecule has 0 bridgehead atoms. The number of pyridine rings is 1. The molecule has 0 radical (unpaired) electrons. The maximum absolute atomic E-state index is 12.6. The van der Waals surface area contributed by atoms with Crippen molar-refractivity contribution in [3.8, 4) is 5.88 Å². The number of carboxylic acid groups (broad SMARTS) is 1. The quantitative estimate of drug-likeness (QED) is 0.828. The van der Waals surface area contributed by atoms with Crippen molar-refractivity contribution in [1.82, 2.24) is 4.98 Å². The number of alkyl halides is 5. The molecular formula is C9H7F5N2O3. The van der Waals surface area contributed by atoms with Crippen molar-refractivity contribution < 1.29 is 36.6 Å². The number of aromatic nitrogens is 1. The third-order valence-corrected chi connectivity index (χ3v) is 1.94. The molecule has 0 amide bonds. The Labute approximate surface area is 102 Å². The van der Waals surface area contributed by atoms with Gasteiger partial charge in [0.2, 0.25) is 5.88 Å². The minimum Gasteiger partial charge on any atom is -0.477 e. The highest BCUT2D eigenvalue weighted by Crippen LogP contribution is 2.32. The first-order valence-electron chi connectivity index (χ1n) is 4.66. The molecule has 0 spiro atoms. The molecule has 0 saturated heterocycles. The molecule has 0 aliphatic heterocycles. The van der Waals surface area contributed by atoms with Crippen LogP contribution in [-0.2, 0) is 6.54 Å². The number of aromatic carboxylic acids is 1. The largest absolute Gasteiger partial charge is 0.574 e. The van der Waals surface area contributed by atoms with Gasteiger partial charge in [-0.1, -0.05) is 0 Å². The minimum absolute atomic E-state index is 0.348. The third kappa shape index (κ3) is 3.74. The lowest BCUT2D eigenvalue weighted by molar-refractivity contribution is -0.276. The van der Waals surface area contributed by atoms with Crippen LogP contribution in [0, 0.1) is 0 Å². The van der Waals surface area contributed by atoms with E-state index >= 15 is 0 Å². The van der Waals surface area contributed by atoms with E-state index in [1.54, 1.807) is 0 Å². The Morgan fingerprint density at radius 2 is 2.05 bits per heavy atom. The Bertz CT molecular complexity index is 489. The molecule has 19 heavy (non-hydrogen) atoms. The van der Waals surface area contributed by atoms with Crippen LogP contribution in [0.2, 0.25) is 0 Å². The molecule has 0 aromatic carbocycles. The van der Waals surface area contributed by atoms with Gasteiger partial charge in [0, 0.05) is 12.1 Å². The van der Waals surface area contributed by atoms with E-state index < -0.39 is 42.3 Å². The van der Waals surface area contributed by atoms with Crippen molar-refractivity contribution in [2.24, 2.45) is 5.73 Å². The van der Waals surface area contributed by atoms with Crippen molar-refractivity contribution >= 4 is 5.97 Å². The molecular weight excluding hydrogens is 279 g/mol. The Morgan fingerprint density at radius 1 is 1.47 bits per heavy atom. The Hall–Kier alpha value is -1.97. The maximum Gasteiger partial charge on any atom is 0.574 e. The zero-order valence-electron chi connectivity index (χ0n) is 9.04. The zero-order valence-corrected chi connectivity index (χ0v) is 9.04. The number of nitrogens with two attached hydrogens (primary N) is 1. The monoisotopic (exact) mass is 286 g/mol. The van der Waals surface area contributed by atoms with Crippen LogP contribution in [-0.4, -0.2) is 22.4 Å². The number of rotatable bonds is 4. The summed E-state index contributed by atoms with van der Waals surface area (Å²) in [5.74, 6) is -3.47. The van der Waals surface area contributed by atoms with Crippen molar-refractivity contribution in [2.75, 3.05) is 0 Å². The van der Waals surface area contributed by atoms with E-state index in [1.807, 2.05) is 0 Å². The van der Waals surface area contributed by atoms with Crippen LogP contribution < -0.4 is 10.5 Å². The topological polar surface area (TPSA) is 85.4 Å². The maximum atomic E-state index is 12.6. The number of hydrogen-bond donors (Lipinski definition) is 2. The second-order valence-electron chi connectivity index (χ2n) is 3.24. The summed E-state index contributed by atoms with van der Waals surface area (Å²) in [6.45, 7) is -0.451. The van der Waals surface area contributed by atoms with Crippen molar-refractivity contribution in [3.05, 3.63) is 22.9 Å². The van der Waals surface area contributed by atoms with Gasteiger partial charge in [-0.05, 0) is 6.07 Å². The number of carboxylic acids is 1. The molecule has 0 aliphatic rings. The smallest absolute Gasteiger partial charge is 0.477 e. The van der Waals surface area contributed by atoms with E-state index in [0.717, 1.165) is 0 Å². The Morgan fingerprint density at radius 3 is 2.42 bits per heavy atom. The van der Waals surface area contributed by atoms with Gasteiger partial charge in [0.25, 0.3) is 6.43 Å². The standard InChI is InChI=1S/C9H7F5N2O3/c10-6(11)4-1-3(2-15)16-7(5(4)8(17)18)19-9(12,13)14/h1,6H,2,15H2,(H,17,18). The fraction of sp³-hybridized carbons (Fsp3) is 0.333. The highest BCUT2D eigenvalue weighted by molar-refractivity contribution is 5.92. The molecule has 0 fully saturated rings. The van der Waals surface area contributed by atoms with Crippen LogP contribution in [0.4, 0.5) is 22.0 Å². The SMILES string of the molecule is NCc1cc(C(F)F)c(C(=O)O)c(OC(F)(F)F)n1. The van der Waals surface area contributed by atoms with Crippen molar-refractivity contribution in [3.63, 3.8) is 0 Å². The van der Waals surface area contributed by atoms with Gasteiger partial charge >= 0.3 is 12.3 Å². The molecule has 1 rings (SSSR count). The summed E-state index contributed by atoms with van der Waals surface area (Å²) in [5.41, 5.74) is 2.26. The van der Waals surface area contributed by atoms with Gasteiger partial charge < -0.3 is 15.6 Å². The first-order valence-corrected chi connectivity index (χ1v) is 4.66. The lowest BCUT2D eigenvalue weighted by Crippen LogP contribution is -2.22. The van der Waals surface area contributed by atoms with Crippen LogP contribution >= 0.6 is 0 Å². The van der Waals surface area contributed by atoms with E-state index in [2.05, 4.69) is 9.72 Å². The van der Waals surface area contributed by atoms with Gasteiger partial charge in [-0.15, -0.1) is 13.2 Å². The predicted octanol–water partition coefficient (Wildman–Crippen LogP) is 2.07. The predicted molar refractivity (Wildman–Crippen MR) is 50.7 cm³/mol. The fourth-order valence-corrected chi connectivity index (χ4v) is 1.27. The Kier molecular flexibility index (Phi) is 4.24. The van der Waals surface area contributed by atoms with Crippen molar-refractivity contribution in [2.45, 2.75) is 19.3 Å². The molecule has 106 valence electrons. The highest BCUT2D eigenvalue weighted by Gasteiger charge is 2.36. The van der Waals surface area contributed by atoms with Gasteiger partial charge in [-0.25, -0.2) is 18.6 Å². The average molecular weight is 286 g/mol. The van der Waals surface area contributed by atoms with Gasteiger partial charge in [0.1, 0.15) is 5.56 Å². The summed E-state index contributed by atoms with van der Waals surface area (Å²) in [6.07, 6.45) is -8.57. The lowest BCUT2D eigenvalue weighted by Gasteiger charge is -2.14. The molecule has 1 aromatic heterocycles. The summed E-state index contributed by atoms with van der Waals surface area (Å²) in [6, 6.07) is 0.622. The van der Waals surface area contributed by atoms with Gasteiger partial charge in [-0.3, -0.25) is 0 Å². The van der Waals surface area contributed by atoms with E-state index in [-0.39, 0.29) is 5.69 Å². The van der Waals surface area contributed by atoms with E-state index in [0.29, 0.717) is 6.07 Å². The van der Waals surface area contributed by atoms with Crippen LogP contribution in [0.25, 0.3) is 0 Å². The molecule has 0 atom stereocenters. The summed E-state index contributed by atoms with van der Waals surface area (Å²) in [5, 5.41) is 8.70. The lowest BCUT2D eigenvalue weighted by atomic mass is 10.1. The molecule has 5 nitrogen and oxygen atoms in total. The van der Waals surface area contributed by atoms with Gasteiger partial charge in [0.05, 0.1) is 5.69 Å². The number of carbonyl (C=O) groups is 1. The number of ether oxygens (including phenoxy) is 1. The van der Waals surface area contributed by atoms with E-state index in [4.69, 9.17) is 10.8 Å². The number of nitrogens with zero attached hydrogens (tertiary/aromatic N) is 1. The minimum atomic E-state index is -5.26. The Balaban J connectivity index is 3.48. The van der Waals surface area contributed by atoms with Crippen LogP contribution in [0.15, 0.2) is 6.07 Å². The second-order valence-corrected chi connectivity index (χ2v) is 3.24. The van der Waals surface area contributed by atoms with Gasteiger partial charge in [0.15, 0.2) is 0 Å². The molecule has 3 N–H and O–H groups in total. The summed E-state index contributed by atoms with van der Waals surface area (Å²) in [4.78, 5) is 13.9. The average Bonchev–Trinajstić information content (AvgIpc) is 2.24. The number of hydrogen-bond acceptors (Lipinski definition) is 4.